The Morgan fingerprint density at radius 2 is 2.15 bits per heavy atom. The maximum atomic E-state index is 12.1. The highest BCUT2D eigenvalue weighted by molar-refractivity contribution is 7.90. The van der Waals surface area contributed by atoms with Gasteiger partial charge < -0.3 is 15.5 Å². The summed E-state index contributed by atoms with van der Waals surface area (Å²) in [6.07, 6.45) is 3.33. The fraction of sp³-hybridized carbons (Fsp3) is 0.529. The zero-order chi connectivity index (χ0) is 17.9. The van der Waals surface area contributed by atoms with Crippen LogP contribution in [-0.4, -0.2) is 57.8 Å². The van der Waals surface area contributed by atoms with E-state index in [2.05, 4.69) is 15.0 Å². The molecule has 144 valence electrons. The van der Waals surface area contributed by atoms with Crippen molar-refractivity contribution in [3.8, 4) is 0 Å². The van der Waals surface area contributed by atoms with Gasteiger partial charge in [-0.2, -0.15) is 8.42 Å². The van der Waals surface area contributed by atoms with E-state index in [4.69, 9.17) is 0 Å². The molecule has 9 heteroatoms. The Morgan fingerprint density at radius 1 is 1.38 bits per heavy atom. The van der Waals surface area contributed by atoms with Gasteiger partial charge in [0.15, 0.2) is 0 Å². The minimum absolute atomic E-state index is 0. The average molecular weight is 401 g/mol. The Hall–Kier alpha value is -1.64. The predicted molar refractivity (Wildman–Crippen MR) is 103 cm³/mol. The van der Waals surface area contributed by atoms with Gasteiger partial charge in [0.2, 0.25) is 5.91 Å². The summed E-state index contributed by atoms with van der Waals surface area (Å²) < 4.78 is 28.0. The van der Waals surface area contributed by atoms with Gasteiger partial charge >= 0.3 is 0 Å². The second-order valence-corrected chi connectivity index (χ2v) is 8.08. The number of fused-ring (bicyclic) bond motifs is 1. The summed E-state index contributed by atoms with van der Waals surface area (Å²) in [5, 5.41) is 6.30. The number of halogens is 1. The predicted octanol–water partition coefficient (Wildman–Crippen LogP) is 1.14. The Labute approximate surface area is 160 Å². The van der Waals surface area contributed by atoms with Gasteiger partial charge in [0.1, 0.15) is 10.7 Å². The van der Waals surface area contributed by atoms with Gasteiger partial charge in [-0.25, -0.2) is 0 Å². The number of rotatable bonds is 6. The van der Waals surface area contributed by atoms with Gasteiger partial charge in [-0.15, -0.1) is 16.8 Å². The molecule has 2 N–H and O–H groups in total. The zero-order valence-electron chi connectivity index (χ0n) is 14.8. The van der Waals surface area contributed by atoms with E-state index in [1.165, 1.54) is 0 Å². The highest BCUT2D eigenvalue weighted by atomic mass is 35.5. The van der Waals surface area contributed by atoms with Crippen LogP contribution in [0, 0.1) is 0 Å². The molecule has 1 saturated heterocycles. The van der Waals surface area contributed by atoms with Gasteiger partial charge in [0, 0.05) is 38.2 Å². The third-order valence-corrected chi connectivity index (χ3v) is 5.90. The van der Waals surface area contributed by atoms with Crippen molar-refractivity contribution in [2.45, 2.75) is 36.6 Å². The lowest BCUT2D eigenvalue weighted by Crippen LogP contribution is -2.37. The van der Waals surface area contributed by atoms with Gasteiger partial charge in [0.25, 0.3) is 10.0 Å². The van der Waals surface area contributed by atoms with E-state index in [9.17, 15) is 13.2 Å². The maximum absolute atomic E-state index is 12.1. The van der Waals surface area contributed by atoms with Crippen LogP contribution in [0.5, 0.6) is 0 Å². The Bertz CT molecular complexity index is 776. The van der Waals surface area contributed by atoms with Crippen LogP contribution in [0.25, 0.3) is 0 Å². The first-order chi connectivity index (χ1) is 12.0. The summed E-state index contributed by atoms with van der Waals surface area (Å²) in [6, 6.07) is 7.21. The minimum atomic E-state index is -3.60. The highest BCUT2D eigenvalue weighted by Crippen LogP contribution is 2.26. The van der Waals surface area contributed by atoms with Crippen LogP contribution in [0.3, 0.4) is 0 Å². The molecule has 0 spiro atoms. The molecular formula is C17H25ClN4O3S. The molecule has 1 unspecified atom stereocenters. The molecule has 26 heavy (non-hydrogen) atoms. The molecular weight excluding hydrogens is 376 g/mol. The van der Waals surface area contributed by atoms with E-state index >= 15 is 0 Å². The monoisotopic (exact) mass is 400 g/mol. The summed E-state index contributed by atoms with van der Waals surface area (Å²) in [5.74, 6) is 0.481. The molecule has 2 aliphatic heterocycles. The quantitative estimate of drug-likeness (QED) is 0.747. The first kappa shape index (κ1) is 20.7. The molecule has 1 aromatic carbocycles. The first-order valence-electron chi connectivity index (χ1n) is 8.63. The van der Waals surface area contributed by atoms with Crippen LogP contribution >= 0.6 is 12.4 Å². The average Bonchev–Trinajstić information content (AvgIpc) is 3.20. The summed E-state index contributed by atoms with van der Waals surface area (Å²) in [7, 11) is -1.80. The molecule has 0 aromatic heterocycles. The van der Waals surface area contributed by atoms with Crippen molar-refractivity contribution in [3.05, 3.63) is 29.8 Å². The normalized spacial score (nSPS) is 20.0. The van der Waals surface area contributed by atoms with E-state index in [0.717, 1.165) is 19.4 Å². The van der Waals surface area contributed by atoms with Crippen molar-refractivity contribution in [3.63, 3.8) is 0 Å². The minimum Gasteiger partial charge on any atom is -0.358 e. The third-order valence-electron chi connectivity index (χ3n) is 4.58. The maximum Gasteiger partial charge on any atom is 0.285 e. The Balaban J connectivity index is 0.00000243. The van der Waals surface area contributed by atoms with Crippen molar-refractivity contribution in [2.24, 2.45) is 4.40 Å². The van der Waals surface area contributed by atoms with E-state index in [-0.39, 0.29) is 23.2 Å². The molecule has 1 fully saturated rings. The van der Waals surface area contributed by atoms with Crippen LogP contribution < -0.4 is 10.6 Å². The van der Waals surface area contributed by atoms with Gasteiger partial charge in [-0.05, 0) is 37.9 Å². The zero-order valence-corrected chi connectivity index (χ0v) is 16.4. The summed E-state index contributed by atoms with van der Waals surface area (Å²) in [4.78, 5) is 14.0. The molecule has 0 saturated carbocycles. The van der Waals surface area contributed by atoms with Gasteiger partial charge in [-0.3, -0.25) is 4.79 Å². The topological polar surface area (TPSA) is 90.9 Å². The number of sulfonamides is 1. The van der Waals surface area contributed by atoms with Crippen LogP contribution in [0.4, 0.5) is 0 Å². The number of benzene rings is 1. The lowest BCUT2D eigenvalue weighted by Gasteiger charge is -2.19. The summed E-state index contributed by atoms with van der Waals surface area (Å²) in [5.41, 5.74) is 0.627. The van der Waals surface area contributed by atoms with Crippen LogP contribution in [0.1, 0.15) is 31.2 Å². The van der Waals surface area contributed by atoms with Gasteiger partial charge in [-0.1, -0.05) is 12.1 Å². The summed E-state index contributed by atoms with van der Waals surface area (Å²) >= 11 is 0. The van der Waals surface area contributed by atoms with Crippen molar-refractivity contribution in [1.29, 1.82) is 0 Å². The molecule has 3 rings (SSSR count). The molecule has 0 bridgehead atoms. The number of amidine groups is 1. The first-order valence-corrected chi connectivity index (χ1v) is 10.1. The van der Waals surface area contributed by atoms with Crippen LogP contribution in [0.15, 0.2) is 33.6 Å². The molecule has 0 aliphatic carbocycles. The standard InChI is InChI=1S/C17H24N4O3S.ClH/c1-21(11-5-9-16(22)19-12-13-6-4-10-18-13)17-14-7-2-3-8-15(14)25(23,24)20-17;/h2-3,7-8,13,18H,4-6,9-12H2,1H3,(H,19,22);1H. The van der Waals surface area contributed by atoms with Crippen LogP contribution in [0.2, 0.25) is 0 Å². The molecule has 0 radical (unpaired) electrons. The number of carbonyl (C=O) groups is 1. The smallest absolute Gasteiger partial charge is 0.285 e. The van der Waals surface area contributed by atoms with Crippen molar-refractivity contribution in [1.82, 2.24) is 15.5 Å². The fourth-order valence-corrected chi connectivity index (χ4v) is 4.45. The number of nitrogens with zero attached hydrogens (tertiary/aromatic N) is 2. The number of nitrogens with one attached hydrogen (secondary N) is 2. The van der Waals surface area contributed by atoms with Crippen molar-refractivity contribution < 1.29 is 13.2 Å². The highest BCUT2D eigenvalue weighted by Gasteiger charge is 2.30. The molecule has 7 nitrogen and oxygen atoms in total. The number of carbonyl (C=O) groups excluding carboxylic acids is 1. The molecule has 1 amide bonds. The summed E-state index contributed by atoms with van der Waals surface area (Å²) in [6.45, 7) is 2.27. The number of hydrogen-bond donors (Lipinski definition) is 2. The van der Waals surface area contributed by atoms with E-state index < -0.39 is 10.0 Å². The lowest BCUT2D eigenvalue weighted by atomic mass is 10.2. The third kappa shape index (κ3) is 4.75. The van der Waals surface area contributed by atoms with Crippen molar-refractivity contribution in [2.75, 3.05) is 26.7 Å². The van der Waals surface area contributed by atoms with E-state index in [1.807, 2.05) is 0 Å². The SMILES string of the molecule is CN(CCCC(=O)NCC1CCCN1)C1=NS(=O)(=O)c2ccccc21.Cl. The number of amides is 1. The second kappa shape index (κ2) is 8.83. The number of hydrogen-bond acceptors (Lipinski definition) is 5. The molecule has 2 heterocycles. The molecule has 2 aliphatic rings. The van der Waals surface area contributed by atoms with Crippen molar-refractivity contribution >= 4 is 34.2 Å². The fourth-order valence-electron chi connectivity index (χ4n) is 3.20. The van der Waals surface area contributed by atoms with E-state index in [0.29, 0.717) is 43.4 Å². The molecule has 1 atom stereocenters. The van der Waals surface area contributed by atoms with E-state index in [1.54, 1.807) is 36.2 Å². The Morgan fingerprint density at radius 3 is 2.88 bits per heavy atom. The lowest BCUT2D eigenvalue weighted by molar-refractivity contribution is -0.121. The second-order valence-electron chi connectivity index (χ2n) is 6.51. The van der Waals surface area contributed by atoms with Gasteiger partial charge in [0.05, 0.1) is 0 Å². The molecule has 1 aromatic rings. The Kier molecular flexibility index (Phi) is 7.02. The van der Waals surface area contributed by atoms with Crippen LogP contribution in [-0.2, 0) is 14.8 Å². The largest absolute Gasteiger partial charge is 0.358 e.